The molecule has 1 N–H and O–H groups in total. The Morgan fingerprint density at radius 3 is 2.71 bits per heavy atom. The first kappa shape index (κ1) is 19.7. The van der Waals surface area contributed by atoms with E-state index in [0.29, 0.717) is 11.1 Å². The van der Waals surface area contributed by atoms with Gasteiger partial charge in [-0.3, -0.25) is 4.57 Å². The number of likely N-dealkylation sites (tertiary alicyclic amines) is 1. The smallest absolute Gasteiger partial charge is 0.408 e. The lowest BCUT2D eigenvalue weighted by atomic mass is 9.74. The summed E-state index contributed by atoms with van der Waals surface area (Å²) in [6.45, 7) is 5.41. The van der Waals surface area contributed by atoms with Gasteiger partial charge in [-0.1, -0.05) is 13.3 Å². The summed E-state index contributed by atoms with van der Waals surface area (Å²) in [6, 6.07) is 4.60. The summed E-state index contributed by atoms with van der Waals surface area (Å²) in [5.41, 5.74) is 0.953. The Balaban J connectivity index is 1.55. The molecule has 8 heteroatoms. The third-order valence-electron chi connectivity index (χ3n) is 6.67. The van der Waals surface area contributed by atoms with E-state index in [1.165, 1.54) is 10.6 Å². The molecule has 1 aromatic carbocycles. The fourth-order valence-corrected chi connectivity index (χ4v) is 6.38. The van der Waals surface area contributed by atoms with Crippen LogP contribution in [-0.2, 0) is 17.1 Å². The van der Waals surface area contributed by atoms with E-state index in [0.717, 1.165) is 58.2 Å². The largest absolute Gasteiger partial charge is 0.419 e. The Morgan fingerprint density at radius 1 is 1.25 bits per heavy atom. The first-order chi connectivity index (χ1) is 13.3. The van der Waals surface area contributed by atoms with Gasteiger partial charge in [-0.15, -0.1) is 0 Å². The predicted molar refractivity (Wildman–Crippen MR) is 108 cm³/mol. The summed E-state index contributed by atoms with van der Waals surface area (Å²) >= 11 is 0. The maximum atomic E-state index is 13.1. The average molecular weight is 408 g/mol. The lowest BCUT2D eigenvalue weighted by Gasteiger charge is -2.43. The number of hydrogen-bond donors (Lipinski definition) is 1. The molecule has 2 aromatic rings. The number of hydrogen-bond acceptors (Lipinski definition) is 5. The van der Waals surface area contributed by atoms with Crippen molar-refractivity contribution in [2.24, 2.45) is 12.5 Å². The molecule has 2 aliphatic rings. The molecular weight excluding hydrogens is 378 g/mol. The van der Waals surface area contributed by atoms with Crippen LogP contribution in [0.15, 0.2) is 32.3 Å². The van der Waals surface area contributed by atoms with Crippen LogP contribution in [-0.4, -0.2) is 43.6 Å². The van der Waals surface area contributed by atoms with Crippen molar-refractivity contribution in [1.82, 2.24) is 14.2 Å². The second kappa shape index (κ2) is 7.31. The molecule has 2 heterocycles. The first-order valence-corrected chi connectivity index (χ1v) is 11.7. The third kappa shape index (κ3) is 3.42. The lowest BCUT2D eigenvalue weighted by molar-refractivity contribution is 0.0906. The standard InChI is InChI=1S/C20H29N3O4S/c1-3-11-23-12-9-20(10-13-23)8-4-5-18(20)21-28(25,26)15-6-7-16-17(14-15)27-19(24)22(16)2/h6-7,14,18,21H,3-5,8-13H2,1-2H3. The lowest BCUT2D eigenvalue weighted by Crippen LogP contribution is -2.50. The average Bonchev–Trinajstić information content (AvgIpc) is 3.17. The summed E-state index contributed by atoms with van der Waals surface area (Å²) in [5.74, 6) is -0.494. The van der Waals surface area contributed by atoms with Crippen molar-refractivity contribution in [3.63, 3.8) is 0 Å². The molecule has 1 spiro atoms. The summed E-state index contributed by atoms with van der Waals surface area (Å²) in [6.07, 6.45) is 6.29. The van der Waals surface area contributed by atoms with Gasteiger partial charge in [-0.25, -0.2) is 17.9 Å². The van der Waals surface area contributed by atoms with Crippen LogP contribution in [0.3, 0.4) is 0 Å². The van der Waals surface area contributed by atoms with Crippen molar-refractivity contribution < 1.29 is 12.8 Å². The Labute approximate surface area is 165 Å². The molecule has 2 fully saturated rings. The van der Waals surface area contributed by atoms with E-state index >= 15 is 0 Å². The molecule has 28 heavy (non-hydrogen) atoms. The van der Waals surface area contributed by atoms with E-state index in [-0.39, 0.29) is 16.4 Å². The summed E-state index contributed by atoms with van der Waals surface area (Å²) in [7, 11) is -2.07. The van der Waals surface area contributed by atoms with Crippen molar-refractivity contribution in [1.29, 1.82) is 0 Å². The number of aromatic nitrogens is 1. The highest BCUT2D eigenvalue weighted by Gasteiger charge is 2.46. The second-order valence-electron chi connectivity index (χ2n) is 8.33. The van der Waals surface area contributed by atoms with Gasteiger partial charge in [-0.2, -0.15) is 0 Å². The minimum Gasteiger partial charge on any atom is -0.408 e. The van der Waals surface area contributed by atoms with Crippen molar-refractivity contribution in [2.75, 3.05) is 19.6 Å². The molecule has 1 atom stereocenters. The topological polar surface area (TPSA) is 84.6 Å². The van der Waals surface area contributed by atoms with E-state index in [9.17, 15) is 13.2 Å². The second-order valence-corrected chi connectivity index (χ2v) is 10.0. The maximum Gasteiger partial charge on any atom is 0.419 e. The number of piperidine rings is 1. The fourth-order valence-electron chi connectivity index (χ4n) is 5.00. The van der Waals surface area contributed by atoms with Gasteiger partial charge in [0.25, 0.3) is 0 Å². The SMILES string of the molecule is CCCN1CCC2(CCCC2NS(=O)(=O)c2ccc3c(c2)oc(=O)n3C)CC1. The molecule has 0 bridgehead atoms. The summed E-state index contributed by atoms with van der Waals surface area (Å²) in [5, 5.41) is 0. The molecule has 1 aliphatic heterocycles. The zero-order valence-electron chi connectivity index (χ0n) is 16.6. The van der Waals surface area contributed by atoms with Crippen LogP contribution in [0.2, 0.25) is 0 Å². The Bertz CT molecular complexity index is 1020. The van der Waals surface area contributed by atoms with Gasteiger partial charge in [0.2, 0.25) is 10.0 Å². The number of fused-ring (bicyclic) bond motifs is 1. The van der Waals surface area contributed by atoms with Gasteiger partial charge < -0.3 is 9.32 Å². The molecular formula is C20H29N3O4S. The van der Waals surface area contributed by atoms with Gasteiger partial charge in [-0.05, 0) is 69.3 Å². The molecule has 154 valence electrons. The number of nitrogens with one attached hydrogen (secondary N) is 1. The number of rotatable bonds is 5. The Morgan fingerprint density at radius 2 is 2.00 bits per heavy atom. The molecule has 1 saturated heterocycles. The van der Waals surface area contributed by atoms with Gasteiger partial charge >= 0.3 is 5.76 Å². The van der Waals surface area contributed by atoms with Crippen LogP contribution in [0.5, 0.6) is 0 Å². The highest BCUT2D eigenvalue weighted by molar-refractivity contribution is 7.89. The van der Waals surface area contributed by atoms with Crippen LogP contribution in [0.25, 0.3) is 11.1 Å². The number of benzene rings is 1. The van der Waals surface area contributed by atoms with Crippen LogP contribution < -0.4 is 10.5 Å². The summed E-state index contributed by atoms with van der Waals surface area (Å²) in [4.78, 5) is 14.3. The first-order valence-electron chi connectivity index (χ1n) is 10.2. The van der Waals surface area contributed by atoms with Gasteiger partial charge in [0.05, 0.1) is 10.4 Å². The fraction of sp³-hybridized carbons (Fsp3) is 0.650. The number of nitrogens with zero attached hydrogens (tertiary/aromatic N) is 2. The molecule has 4 rings (SSSR count). The van der Waals surface area contributed by atoms with E-state index in [2.05, 4.69) is 16.5 Å². The molecule has 0 radical (unpaired) electrons. The molecule has 1 saturated carbocycles. The zero-order chi connectivity index (χ0) is 19.9. The molecule has 1 unspecified atom stereocenters. The maximum absolute atomic E-state index is 13.1. The van der Waals surface area contributed by atoms with E-state index in [1.54, 1.807) is 19.2 Å². The van der Waals surface area contributed by atoms with E-state index in [4.69, 9.17) is 4.42 Å². The van der Waals surface area contributed by atoms with Gasteiger partial charge in [0.15, 0.2) is 5.58 Å². The van der Waals surface area contributed by atoms with Crippen molar-refractivity contribution in [3.05, 3.63) is 28.7 Å². The van der Waals surface area contributed by atoms with Crippen LogP contribution in [0.1, 0.15) is 45.4 Å². The predicted octanol–water partition coefficient (Wildman–Crippen LogP) is 2.45. The van der Waals surface area contributed by atoms with Crippen LogP contribution >= 0.6 is 0 Å². The number of oxazole rings is 1. The molecule has 1 aliphatic carbocycles. The van der Waals surface area contributed by atoms with Gasteiger partial charge in [0, 0.05) is 19.2 Å². The normalized spacial score (nSPS) is 23.0. The quantitative estimate of drug-likeness (QED) is 0.823. The van der Waals surface area contributed by atoms with Crippen molar-refractivity contribution in [2.45, 2.75) is 56.4 Å². The summed E-state index contributed by atoms with van der Waals surface area (Å²) < 4.78 is 35.7. The number of aryl methyl sites for hydroxylation is 1. The molecule has 1 aromatic heterocycles. The van der Waals surface area contributed by atoms with Crippen molar-refractivity contribution >= 4 is 21.1 Å². The van der Waals surface area contributed by atoms with Gasteiger partial charge in [0.1, 0.15) is 0 Å². The van der Waals surface area contributed by atoms with Crippen LogP contribution in [0.4, 0.5) is 0 Å². The molecule has 7 nitrogen and oxygen atoms in total. The highest BCUT2D eigenvalue weighted by Crippen LogP contribution is 2.47. The van der Waals surface area contributed by atoms with E-state index in [1.807, 2.05) is 0 Å². The monoisotopic (exact) mass is 407 g/mol. The van der Waals surface area contributed by atoms with E-state index < -0.39 is 15.8 Å². The number of sulfonamides is 1. The van der Waals surface area contributed by atoms with Crippen LogP contribution in [0, 0.1) is 5.41 Å². The Hall–Kier alpha value is -1.64. The minimum atomic E-state index is -3.67. The Kier molecular flexibility index (Phi) is 5.14. The minimum absolute atomic E-state index is 0.0280. The highest BCUT2D eigenvalue weighted by atomic mass is 32.2. The zero-order valence-corrected chi connectivity index (χ0v) is 17.4. The van der Waals surface area contributed by atoms with Crippen molar-refractivity contribution in [3.8, 4) is 0 Å². The molecule has 0 amide bonds. The third-order valence-corrected chi connectivity index (χ3v) is 8.14.